The molecule has 0 spiro atoms. The van der Waals surface area contributed by atoms with Gasteiger partial charge in [-0.25, -0.2) is 4.79 Å². The topological polar surface area (TPSA) is 164 Å². The van der Waals surface area contributed by atoms with E-state index < -0.39 is 30.4 Å². The summed E-state index contributed by atoms with van der Waals surface area (Å²) < 4.78 is 21.4. The van der Waals surface area contributed by atoms with Gasteiger partial charge in [-0.1, -0.05) is 6.07 Å². The Labute approximate surface area is 179 Å². The monoisotopic (exact) mass is 443 g/mol. The molecule has 0 saturated carbocycles. The van der Waals surface area contributed by atoms with E-state index in [1.807, 2.05) is 0 Å². The maximum Gasteiger partial charge on any atom is 0.333 e. The number of carboxylic acids is 1. The van der Waals surface area contributed by atoms with Gasteiger partial charge in [-0.15, -0.1) is 0 Å². The molecule has 31 heavy (non-hydrogen) atoms. The number of carbonyl (C=O) groups is 2. The zero-order valence-electron chi connectivity index (χ0n) is 17.1. The van der Waals surface area contributed by atoms with Crippen molar-refractivity contribution in [3.05, 3.63) is 29.3 Å². The van der Waals surface area contributed by atoms with Gasteiger partial charge in [-0.2, -0.15) is 0 Å². The van der Waals surface area contributed by atoms with Crippen molar-refractivity contribution in [1.29, 1.82) is 0 Å². The predicted octanol–water partition coefficient (Wildman–Crippen LogP) is -0.736. The standard InChI is InChI=1S/C20H29NO10/c22-4-6-29-8-7-28-5-3-21-19(25)15-9-13(12-23)1-2-16(15)30-18-11-14(24)10-17(31-18)20(26)27/h1-2,9,14,17-18,22-24H,3-8,10-12H2,(H,21,25)(H,26,27). The Balaban J connectivity index is 1.94. The molecular weight excluding hydrogens is 414 g/mol. The zero-order chi connectivity index (χ0) is 22.6. The lowest BCUT2D eigenvalue weighted by Crippen LogP contribution is -2.42. The van der Waals surface area contributed by atoms with Crippen molar-refractivity contribution < 1.29 is 49.0 Å². The maximum atomic E-state index is 12.6. The Bertz CT molecular complexity index is 713. The molecule has 3 atom stereocenters. The normalized spacial score (nSPS) is 20.9. The third kappa shape index (κ3) is 8.40. The number of carbonyl (C=O) groups excluding carboxylic acids is 1. The van der Waals surface area contributed by atoms with E-state index in [-0.39, 0.29) is 57.1 Å². The van der Waals surface area contributed by atoms with Gasteiger partial charge in [0.2, 0.25) is 6.29 Å². The van der Waals surface area contributed by atoms with Crippen molar-refractivity contribution in [2.24, 2.45) is 0 Å². The third-order valence-electron chi connectivity index (χ3n) is 4.41. The molecule has 1 aliphatic rings. The van der Waals surface area contributed by atoms with Gasteiger partial charge in [0.1, 0.15) is 5.75 Å². The van der Waals surface area contributed by atoms with Gasteiger partial charge in [0, 0.05) is 19.4 Å². The summed E-state index contributed by atoms with van der Waals surface area (Å²) in [5.74, 6) is -1.55. The first-order valence-corrected chi connectivity index (χ1v) is 9.96. The molecule has 1 aromatic rings. The highest BCUT2D eigenvalue weighted by Gasteiger charge is 2.34. The van der Waals surface area contributed by atoms with E-state index in [2.05, 4.69) is 5.32 Å². The fourth-order valence-electron chi connectivity index (χ4n) is 2.91. The average molecular weight is 443 g/mol. The molecule has 174 valence electrons. The molecule has 0 bridgehead atoms. The highest BCUT2D eigenvalue weighted by molar-refractivity contribution is 5.97. The van der Waals surface area contributed by atoms with E-state index in [0.29, 0.717) is 18.8 Å². The van der Waals surface area contributed by atoms with Gasteiger partial charge in [-0.3, -0.25) is 4.79 Å². The first kappa shape index (κ1) is 25.0. The minimum Gasteiger partial charge on any atom is -0.479 e. The maximum absolute atomic E-state index is 12.6. The lowest BCUT2D eigenvalue weighted by Gasteiger charge is -2.31. The molecule has 1 fully saturated rings. The van der Waals surface area contributed by atoms with Crippen LogP contribution in [-0.2, 0) is 25.6 Å². The first-order valence-electron chi connectivity index (χ1n) is 9.96. The summed E-state index contributed by atoms with van der Waals surface area (Å²) in [6.45, 7) is 0.987. The minimum absolute atomic E-state index is 0.0446. The second-order valence-electron chi connectivity index (χ2n) is 6.83. The zero-order valence-corrected chi connectivity index (χ0v) is 17.1. The lowest BCUT2D eigenvalue weighted by atomic mass is 10.0. The number of aliphatic carboxylic acids is 1. The average Bonchev–Trinajstić information content (AvgIpc) is 2.75. The number of carboxylic acid groups (broad SMARTS) is 1. The van der Waals surface area contributed by atoms with Crippen LogP contribution in [0.25, 0.3) is 0 Å². The molecular formula is C20H29NO10. The molecule has 1 heterocycles. The molecule has 0 aromatic heterocycles. The molecule has 0 radical (unpaired) electrons. The fraction of sp³-hybridized carbons (Fsp3) is 0.600. The largest absolute Gasteiger partial charge is 0.479 e. The number of nitrogens with one attached hydrogen (secondary N) is 1. The Kier molecular flexibility index (Phi) is 10.6. The van der Waals surface area contributed by atoms with Crippen molar-refractivity contribution in [3.63, 3.8) is 0 Å². The quantitative estimate of drug-likeness (QED) is 0.245. The van der Waals surface area contributed by atoms with Crippen LogP contribution in [0.2, 0.25) is 0 Å². The van der Waals surface area contributed by atoms with Gasteiger partial charge in [-0.05, 0) is 17.7 Å². The van der Waals surface area contributed by atoms with Crippen molar-refractivity contribution >= 4 is 11.9 Å². The summed E-state index contributed by atoms with van der Waals surface area (Å²) in [5.41, 5.74) is 0.621. The number of rotatable bonds is 13. The van der Waals surface area contributed by atoms with E-state index in [0.717, 1.165) is 0 Å². The van der Waals surface area contributed by atoms with Gasteiger partial charge in [0.25, 0.3) is 5.91 Å². The van der Waals surface area contributed by atoms with Crippen LogP contribution < -0.4 is 10.1 Å². The summed E-state index contributed by atoms with van der Waals surface area (Å²) in [5, 5.41) is 39.7. The van der Waals surface area contributed by atoms with E-state index >= 15 is 0 Å². The van der Waals surface area contributed by atoms with Gasteiger partial charge < -0.3 is 44.7 Å². The summed E-state index contributed by atoms with van der Waals surface area (Å²) in [6.07, 6.45) is -3.15. The highest BCUT2D eigenvalue weighted by atomic mass is 16.7. The molecule has 1 aromatic carbocycles. The number of aliphatic hydroxyl groups is 3. The minimum atomic E-state index is -1.21. The SMILES string of the molecule is O=C(NCCOCCOCCO)c1cc(CO)ccc1OC1CC(O)CC(C(=O)O)O1. The molecule has 2 rings (SSSR count). The second kappa shape index (κ2) is 13.2. The lowest BCUT2D eigenvalue weighted by molar-refractivity contribution is -0.195. The first-order chi connectivity index (χ1) is 14.9. The summed E-state index contributed by atoms with van der Waals surface area (Å²) in [6, 6.07) is 4.51. The molecule has 11 nitrogen and oxygen atoms in total. The third-order valence-corrected chi connectivity index (χ3v) is 4.41. The number of benzene rings is 1. The van der Waals surface area contributed by atoms with E-state index in [1.54, 1.807) is 6.07 Å². The molecule has 11 heteroatoms. The number of ether oxygens (including phenoxy) is 4. The van der Waals surface area contributed by atoms with Crippen LogP contribution >= 0.6 is 0 Å². The Hall–Kier alpha value is -2.28. The van der Waals surface area contributed by atoms with Crippen molar-refractivity contribution in [2.75, 3.05) is 39.6 Å². The number of hydrogen-bond acceptors (Lipinski definition) is 9. The number of hydrogen-bond donors (Lipinski definition) is 5. The highest BCUT2D eigenvalue weighted by Crippen LogP contribution is 2.27. The van der Waals surface area contributed by atoms with Crippen LogP contribution in [0.5, 0.6) is 5.75 Å². The Morgan fingerprint density at radius 2 is 1.84 bits per heavy atom. The molecule has 5 N–H and O–H groups in total. The van der Waals surface area contributed by atoms with Crippen LogP contribution in [0.4, 0.5) is 0 Å². The van der Waals surface area contributed by atoms with E-state index in [9.17, 15) is 19.8 Å². The fourth-order valence-corrected chi connectivity index (χ4v) is 2.91. The van der Waals surface area contributed by atoms with Crippen molar-refractivity contribution in [3.8, 4) is 5.75 Å². The number of aliphatic hydroxyl groups excluding tert-OH is 3. The molecule has 1 aliphatic heterocycles. The number of amides is 1. The van der Waals surface area contributed by atoms with Crippen LogP contribution in [0, 0.1) is 0 Å². The predicted molar refractivity (Wildman–Crippen MR) is 106 cm³/mol. The summed E-state index contributed by atoms with van der Waals surface area (Å²) >= 11 is 0. The van der Waals surface area contributed by atoms with Crippen molar-refractivity contribution in [1.82, 2.24) is 5.32 Å². The van der Waals surface area contributed by atoms with Gasteiger partial charge >= 0.3 is 5.97 Å². The van der Waals surface area contributed by atoms with E-state index in [1.165, 1.54) is 12.1 Å². The van der Waals surface area contributed by atoms with Crippen molar-refractivity contribution in [2.45, 2.75) is 37.9 Å². The van der Waals surface area contributed by atoms with Crippen LogP contribution in [-0.4, -0.2) is 90.4 Å². The van der Waals surface area contributed by atoms with Gasteiger partial charge in [0.05, 0.1) is 51.3 Å². The second-order valence-corrected chi connectivity index (χ2v) is 6.83. The Morgan fingerprint density at radius 1 is 1.10 bits per heavy atom. The molecule has 1 saturated heterocycles. The molecule has 0 aliphatic carbocycles. The smallest absolute Gasteiger partial charge is 0.333 e. The van der Waals surface area contributed by atoms with Gasteiger partial charge in [0.15, 0.2) is 6.10 Å². The molecule has 1 amide bonds. The summed E-state index contributed by atoms with van der Waals surface area (Å²) in [4.78, 5) is 23.8. The Morgan fingerprint density at radius 3 is 2.52 bits per heavy atom. The van der Waals surface area contributed by atoms with Crippen LogP contribution in [0.15, 0.2) is 18.2 Å². The van der Waals surface area contributed by atoms with E-state index in [4.69, 9.17) is 29.2 Å². The van der Waals surface area contributed by atoms with Crippen LogP contribution in [0.1, 0.15) is 28.8 Å². The van der Waals surface area contributed by atoms with Crippen LogP contribution in [0.3, 0.4) is 0 Å². The summed E-state index contributed by atoms with van der Waals surface area (Å²) in [7, 11) is 0. The molecule has 3 unspecified atom stereocenters.